The maximum Gasteiger partial charge on any atom is 0.326 e. The number of carbonyl (C=O) groups is 2. The van der Waals surface area contributed by atoms with Crippen LogP contribution in [-0.2, 0) is 11.2 Å². The smallest absolute Gasteiger partial charge is 0.326 e. The normalized spacial score (nSPS) is 11.9. The summed E-state index contributed by atoms with van der Waals surface area (Å²) in [4.78, 5) is 29.7. The summed E-state index contributed by atoms with van der Waals surface area (Å²) in [7, 11) is 1.57. The molecule has 1 amide bonds. The van der Waals surface area contributed by atoms with Gasteiger partial charge in [-0.2, -0.15) is 0 Å². The summed E-state index contributed by atoms with van der Waals surface area (Å²) in [6, 6.07) is 20.7. The summed E-state index contributed by atoms with van der Waals surface area (Å²) >= 11 is 0. The van der Waals surface area contributed by atoms with Crippen molar-refractivity contribution in [3.8, 4) is 5.75 Å². The monoisotopic (exact) mass is 400 g/mol. The van der Waals surface area contributed by atoms with Crippen LogP contribution >= 0.6 is 0 Å². The summed E-state index contributed by atoms with van der Waals surface area (Å²) in [5.41, 5.74) is 2.58. The van der Waals surface area contributed by atoms with Gasteiger partial charge in [-0.3, -0.25) is 4.79 Å². The fraction of sp³-hybridized carbons (Fsp3) is 0.125. The highest BCUT2D eigenvalue weighted by Crippen LogP contribution is 2.26. The van der Waals surface area contributed by atoms with Gasteiger partial charge in [-0.15, -0.1) is 0 Å². The van der Waals surface area contributed by atoms with Crippen molar-refractivity contribution in [3.05, 3.63) is 83.9 Å². The van der Waals surface area contributed by atoms with Crippen molar-refractivity contribution < 1.29 is 19.4 Å². The molecular formula is C24H20N2O4. The van der Waals surface area contributed by atoms with Crippen LogP contribution in [0.25, 0.3) is 21.8 Å². The molecule has 1 atom stereocenters. The minimum Gasteiger partial charge on any atom is -0.497 e. The molecule has 0 aliphatic rings. The molecule has 0 unspecified atom stereocenters. The van der Waals surface area contributed by atoms with Gasteiger partial charge in [0.15, 0.2) is 0 Å². The summed E-state index contributed by atoms with van der Waals surface area (Å²) in [6.45, 7) is 0. The van der Waals surface area contributed by atoms with Crippen LogP contribution in [0.1, 0.15) is 15.9 Å². The molecule has 0 saturated carbocycles. The lowest BCUT2D eigenvalue weighted by Crippen LogP contribution is -2.42. The quantitative estimate of drug-likeness (QED) is 0.480. The Balaban J connectivity index is 1.70. The van der Waals surface area contributed by atoms with Gasteiger partial charge in [0.1, 0.15) is 11.8 Å². The third kappa shape index (κ3) is 3.80. The number of carboxylic acid groups (broad SMARTS) is 1. The first-order valence-electron chi connectivity index (χ1n) is 9.51. The van der Waals surface area contributed by atoms with E-state index in [2.05, 4.69) is 10.3 Å². The number of aromatic nitrogens is 1. The van der Waals surface area contributed by atoms with E-state index in [1.54, 1.807) is 31.4 Å². The molecule has 6 nitrogen and oxygen atoms in total. The molecule has 0 spiro atoms. The Morgan fingerprint density at radius 1 is 0.933 bits per heavy atom. The fourth-order valence-corrected chi connectivity index (χ4v) is 3.51. The molecule has 150 valence electrons. The van der Waals surface area contributed by atoms with Crippen LogP contribution in [0.3, 0.4) is 0 Å². The number of benzene rings is 3. The van der Waals surface area contributed by atoms with Gasteiger partial charge >= 0.3 is 5.97 Å². The number of carboxylic acids is 1. The number of hydrogen-bond donors (Lipinski definition) is 2. The molecule has 0 aliphatic heterocycles. The van der Waals surface area contributed by atoms with Crippen molar-refractivity contribution in [1.29, 1.82) is 0 Å². The SMILES string of the molecule is COc1ccc(C[C@H](NC(=O)c2c3ccccc3nc3ccccc23)C(=O)O)cc1. The Hall–Kier alpha value is -3.93. The number of methoxy groups -OCH3 is 1. The van der Waals surface area contributed by atoms with Gasteiger partial charge < -0.3 is 15.2 Å². The molecule has 0 radical (unpaired) electrons. The molecule has 3 aromatic carbocycles. The van der Waals surface area contributed by atoms with Crippen LogP contribution in [-0.4, -0.2) is 35.1 Å². The number of pyridine rings is 1. The van der Waals surface area contributed by atoms with Gasteiger partial charge in [0.05, 0.1) is 23.7 Å². The second-order valence-electron chi connectivity index (χ2n) is 6.94. The number of fused-ring (bicyclic) bond motifs is 2. The molecule has 6 heteroatoms. The second-order valence-corrected chi connectivity index (χ2v) is 6.94. The Morgan fingerprint density at radius 3 is 2.03 bits per heavy atom. The highest BCUT2D eigenvalue weighted by atomic mass is 16.5. The molecule has 2 N–H and O–H groups in total. The molecule has 4 rings (SSSR count). The van der Waals surface area contributed by atoms with Crippen LogP contribution < -0.4 is 10.1 Å². The van der Waals surface area contributed by atoms with Gasteiger partial charge in [-0.05, 0) is 29.8 Å². The zero-order chi connectivity index (χ0) is 21.1. The number of aliphatic carboxylic acids is 1. The molecule has 0 saturated heterocycles. The molecule has 0 aliphatic carbocycles. The molecule has 1 aromatic heterocycles. The molecule has 0 fully saturated rings. The summed E-state index contributed by atoms with van der Waals surface area (Å²) in [5.74, 6) is -0.850. The lowest BCUT2D eigenvalue weighted by atomic mass is 10.0. The minimum absolute atomic E-state index is 0.159. The summed E-state index contributed by atoms with van der Waals surface area (Å²) in [5, 5.41) is 13.8. The van der Waals surface area contributed by atoms with E-state index in [4.69, 9.17) is 4.74 Å². The number of carbonyl (C=O) groups excluding carboxylic acids is 1. The molecule has 0 bridgehead atoms. The highest BCUT2D eigenvalue weighted by molar-refractivity contribution is 6.16. The molecule has 4 aromatic rings. The second kappa shape index (κ2) is 8.21. The van der Waals surface area contributed by atoms with Crippen LogP contribution in [0.4, 0.5) is 0 Å². The number of para-hydroxylation sites is 2. The standard InChI is InChI=1S/C24H20N2O4/c1-30-16-12-10-15(11-13-16)14-21(24(28)29)26-23(27)22-17-6-2-4-8-19(17)25-20-9-5-3-7-18(20)22/h2-13,21H,14H2,1H3,(H,26,27)(H,28,29)/t21-/m0/s1. The largest absolute Gasteiger partial charge is 0.497 e. The van der Waals surface area contributed by atoms with Crippen LogP contribution in [0, 0.1) is 0 Å². The van der Waals surface area contributed by atoms with E-state index >= 15 is 0 Å². The third-order valence-electron chi connectivity index (χ3n) is 5.02. The van der Waals surface area contributed by atoms with Crippen molar-refractivity contribution in [2.75, 3.05) is 7.11 Å². The van der Waals surface area contributed by atoms with E-state index in [0.717, 1.165) is 5.56 Å². The number of rotatable bonds is 6. The number of nitrogens with zero attached hydrogens (tertiary/aromatic N) is 1. The van der Waals surface area contributed by atoms with Crippen molar-refractivity contribution >= 4 is 33.7 Å². The topological polar surface area (TPSA) is 88.5 Å². The first-order valence-corrected chi connectivity index (χ1v) is 9.51. The van der Waals surface area contributed by atoms with Crippen molar-refractivity contribution in [2.45, 2.75) is 12.5 Å². The Labute approximate surface area is 173 Å². The van der Waals surface area contributed by atoms with E-state index in [1.165, 1.54) is 0 Å². The fourth-order valence-electron chi connectivity index (χ4n) is 3.51. The summed E-state index contributed by atoms with van der Waals surface area (Å²) < 4.78 is 5.13. The van der Waals surface area contributed by atoms with Gasteiger partial charge in [-0.1, -0.05) is 48.5 Å². The Kier molecular flexibility index (Phi) is 5.30. The maximum absolute atomic E-state index is 13.3. The zero-order valence-corrected chi connectivity index (χ0v) is 16.3. The average molecular weight is 400 g/mol. The van der Waals surface area contributed by atoms with Crippen molar-refractivity contribution in [3.63, 3.8) is 0 Å². The first kappa shape index (κ1) is 19.4. The van der Waals surface area contributed by atoms with Crippen LogP contribution in [0.2, 0.25) is 0 Å². The third-order valence-corrected chi connectivity index (χ3v) is 5.02. The molecule has 30 heavy (non-hydrogen) atoms. The van der Waals surface area contributed by atoms with Gasteiger partial charge in [-0.25, -0.2) is 9.78 Å². The van der Waals surface area contributed by atoms with Gasteiger partial charge in [0, 0.05) is 17.2 Å². The van der Waals surface area contributed by atoms with Crippen molar-refractivity contribution in [2.24, 2.45) is 0 Å². The highest BCUT2D eigenvalue weighted by Gasteiger charge is 2.24. The number of amides is 1. The lowest BCUT2D eigenvalue weighted by Gasteiger charge is -2.17. The predicted molar refractivity (Wildman–Crippen MR) is 115 cm³/mol. The Bertz CT molecular complexity index is 1180. The molecule has 1 heterocycles. The average Bonchev–Trinajstić information content (AvgIpc) is 2.77. The van der Waals surface area contributed by atoms with Crippen molar-refractivity contribution in [1.82, 2.24) is 10.3 Å². The van der Waals surface area contributed by atoms with E-state index in [1.807, 2.05) is 48.5 Å². The zero-order valence-electron chi connectivity index (χ0n) is 16.3. The van der Waals surface area contributed by atoms with E-state index in [-0.39, 0.29) is 6.42 Å². The van der Waals surface area contributed by atoms with Gasteiger partial charge in [0.25, 0.3) is 5.91 Å². The molecular weight excluding hydrogens is 380 g/mol. The predicted octanol–water partition coefficient (Wildman–Crippen LogP) is 3.82. The van der Waals surface area contributed by atoms with Crippen LogP contribution in [0.15, 0.2) is 72.8 Å². The van der Waals surface area contributed by atoms with E-state index in [0.29, 0.717) is 33.1 Å². The first-order chi connectivity index (χ1) is 14.6. The summed E-state index contributed by atoms with van der Waals surface area (Å²) in [6.07, 6.45) is 0.159. The maximum atomic E-state index is 13.3. The number of hydrogen-bond acceptors (Lipinski definition) is 4. The van der Waals surface area contributed by atoms with E-state index in [9.17, 15) is 14.7 Å². The Morgan fingerprint density at radius 2 is 1.50 bits per heavy atom. The lowest BCUT2D eigenvalue weighted by molar-refractivity contribution is -0.139. The van der Waals surface area contributed by atoms with Crippen LogP contribution in [0.5, 0.6) is 5.75 Å². The number of ether oxygens (including phenoxy) is 1. The van der Waals surface area contributed by atoms with Gasteiger partial charge in [0.2, 0.25) is 0 Å². The van der Waals surface area contributed by atoms with E-state index < -0.39 is 17.9 Å². The minimum atomic E-state index is -1.10. The number of nitrogens with one attached hydrogen (secondary N) is 1.